The van der Waals surface area contributed by atoms with Gasteiger partial charge in [-0.15, -0.1) is 0 Å². The van der Waals surface area contributed by atoms with Gasteiger partial charge in [0.25, 0.3) is 0 Å². The number of nitrogens with one attached hydrogen (secondary N) is 1. The number of halogens is 2. The number of amides is 1. The van der Waals surface area contributed by atoms with E-state index in [2.05, 4.69) is 5.32 Å². The van der Waals surface area contributed by atoms with E-state index in [0.29, 0.717) is 6.54 Å². The normalized spacial score (nSPS) is 12.1. The highest BCUT2D eigenvalue weighted by atomic mass is 19.1. The van der Waals surface area contributed by atoms with Crippen LogP contribution in [0.1, 0.15) is 17.2 Å². The number of primary amides is 1. The van der Waals surface area contributed by atoms with Crippen LogP contribution in [0.4, 0.5) is 8.78 Å². The standard InChI is InChI=1S/C15H14F2N2O/c16-12-6-11(7-13(17)8-12)14(15(18)20)19-9-10-4-2-1-3-5-10/h1-8,14,19H,9H2,(H2,18,20). The molecule has 2 aromatic rings. The zero-order valence-corrected chi connectivity index (χ0v) is 10.6. The molecule has 0 saturated carbocycles. The third kappa shape index (κ3) is 3.61. The fourth-order valence-corrected chi connectivity index (χ4v) is 1.94. The molecule has 2 aromatic carbocycles. The van der Waals surface area contributed by atoms with Gasteiger partial charge in [0.1, 0.15) is 17.7 Å². The van der Waals surface area contributed by atoms with Crippen LogP contribution in [0.5, 0.6) is 0 Å². The first kappa shape index (κ1) is 14.1. The summed E-state index contributed by atoms with van der Waals surface area (Å²) in [7, 11) is 0. The Morgan fingerprint density at radius 1 is 1.10 bits per heavy atom. The molecule has 0 fully saturated rings. The van der Waals surface area contributed by atoms with E-state index in [4.69, 9.17) is 5.73 Å². The largest absolute Gasteiger partial charge is 0.368 e. The summed E-state index contributed by atoms with van der Waals surface area (Å²) < 4.78 is 26.4. The van der Waals surface area contributed by atoms with Gasteiger partial charge in [0.15, 0.2) is 0 Å². The molecule has 0 heterocycles. The SMILES string of the molecule is NC(=O)C(NCc1ccccc1)c1cc(F)cc(F)c1. The monoisotopic (exact) mass is 276 g/mol. The summed E-state index contributed by atoms with van der Waals surface area (Å²) in [5.74, 6) is -2.17. The fraction of sp³-hybridized carbons (Fsp3) is 0.133. The Morgan fingerprint density at radius 2 is 1.70 bits per heavy atom. The van der Waals surface area contributed by atoms with Crippen LogP contribution in [0.2, 0.25) is 0 Å². The van der Waals surface area contributed by atoms with Crippen molar-refractivity contribution in [2.24, 2.45) is 5.73 Å². The van der Waals surface area contributed by atoms with Gasteiger partial charge < -0.3 is 5.73 Å². The molecule has 0 aliphatic heterocycles. The van der Waals surface area contributed by atoms with Crippen LogP contribution >= 0.6 is 0 Å². The molecule has 3 nitrogen and oxygen atoms in total. The lowest BCUT2D eigenvalue weighted by atomic mass is 10.1. The van der Waals surface area contributed by atoms with Crippen LogP contribution in [0, 0.1) is 11.6 Å². The van der Waals surface area contributed by atoms with Crippen molar-refractivity contribution in [1.82, 2.24) is 5.32 Å². The van der Waals surface area contributed by atoms with Crippen molar-refractivity contribution in [3.05, 3.63) is 71.3 Å². The van der Waals surface area contributed by atoms with Crippen molar-refractivity contribution in [1.29, 1.82) is 0 Å². The van der Waals surface area contributed by atoms with Gasteiger partial charge in [-0.25, -0.2) is 8.78 Å². The van der Waals surface area contributed by atoms with Crippen LogP contribution < -0.4 is 11.1 Å². The van der Waals surface area contributed by atoms with Crippen molar-refractivity contribution in [3.8, 4) is 0 Å². The lowest BCUT2D eigenvalue weighted by molar-refractivity contribution is -0.120. The Balaban J connectivity index is 2.17. The van der Waals surface area contributed by atoms with Crippen LogP contribution in [-0.4, -0.2) is 5.91 Å². The molecule has 1 unspecified atom stereocenters. The van der Waals surface area contributed by atoms with Crippen molar-refractivity contribution < 1.29 is 13.6 Å². The van der Waals surface area contributed by atoms with Gasteiger partial charge in [-0.2, -0.15) is 0 Å². The fourth-order valence-electron chi connectivity index (χ4n) is 1.94. The Bertz CT molecular complexity index is 582. The molecular formula is C15H14F2N2O. The number of benzene rings is 2. The maximum atomic E-state index is 13.2. The van der Waals surface area contributed by atoms with Crippen LogP contribution in [-0.2, 0) is 11.3 Å². The Labute approximate surface area is 115 Å². The predicted molar refractivity (Wildman–Crippen MR) is 71.6 cm³/mol. The third-order valence-corrected chi connectivity index (χ3v) is 2.86. The van der Waals surface area contributed by atoms with E-state index in [1.54, 1.807) is 0 Å². The molecule has 1 amide bonds. The first-order chi connectivity index (χ1) is 9.56. The Morgan fingerprint density at radius 3 is 2.25 bits per heavy atom. The molecular weight excluding hydrogens is 262 g/mol. The molecule has 0 bridgehead atoms. The number of carbonyl (C=O) groups excluding carboxylic acids is 1. The van der Waals surface area contributed by atoms with E-state index in [9.17, 15) is 13.6 Å². The quantitative estimate of drug-likeness (QED) is 0.880. The Kier molecular flexibility index (Phi) is 4.42. The summed E-state index contributed by atoms with van der Waals surface area (Å²) >= 11 is 0. The lowest BCUT2D eigenvalue weighted by Gasteiger charge is -2.16. The Hall–Kier alpha value is -2.27. The average molecular weight is 276 g/mol. The number of hydrogen-bond acceptors (Lipinski definition) is 2. The molecule has 104 valence electrons. The van der Waals surface area contributed by atoms with Gasteiger partial charge in [0.05, 0.1) is 0 Å². The van der Waals surface area contributed by atoms with E-state index in [0.717, 1.165) is 23.8 Å². The summed E-state index contributed by atoms with van der Waals surface area (Å²) in [6.07, 6.45) is 0. The first-order valence-corrected chi connectivity index (χ1v) is 6.09. The minimum Gasteiger partial charge on any atom is -0.368 e. The molecule has 0 saturated heterocycles. The molecule has 3 N–H and O–H groups in total. The number of carbonyl (C=O) groups is 1. The number of nitrogens with two attached hydrogens (primary N) is 1. The van der Waals surface area contributed by atoms with Crippen LogP contribution in [0.25, 0.3) is 0 Å². The molecule has 0 aliphatic carbocycles. The number of rotatable bonds is 5. The van der Waals surface area contributed by atoms with E-state index in [1.807, 2.05) is 30.3 Å². The zero-order valence-electron chi connectivity index (χ0n) is 10.6. The molecule has 20 heavy (non-hydrogen) atoms. The summed E-state index contributed by atoms with van der Waals surface area (Å²) in [6, 6.07) is 11.3. The zero-order chi connectivity index (χ0) is 14.5. The summed E-state index contributed by atoms with van der Waals surface area (Å²) in [5.41, 5.74) is 6.40. The molecule has 0 radical (unpaired) electrons. The highest BCUT2D eigenvalue weighted by Crippen LogP contribution is 2.17. The molecule has 2 rings (SSSR count). The van der Waals surface area contributed by atoms with Crippen LogP contribution in [0.15, 0.2) is 48.5 Å². The topological polar surface area (TPSA) is 55.1 Å². The predicted octanol–water partition coefficient (Wildman–Crippen LogP) is 2.28. The summed E-state index contributed by atoms with van der Waals surface area (Å²) in [6.45, 7) is 0.368. The molecule has 0 aromatic heterocycles. The first-order valence-electron chi connectivity index (χ1n) is 6.09. The summed E-state index contributed by atoms with van der Waals surface area (Å²) in [5, 5.41) is 2.90. The molecule has 5 heteroatoms. The van der Waals surface area contributed by atoms with Crippen molar-refractivity contribution >= 4 is 5.91 Å². The smallest absolute Gasteiger partial charge is 0.239 e. The highest BCUT2D eigenvalue weighted by molar-refractivity contribution is 5.81. The minimum absolute atomic E-state index is 0.172. The van der Waals surface area contributed by atoms with Crippen molar-refractivity contribution in [2.45, 2.75) is 12.6 Å². The lowest BCUT2D eigenvalue weighted by Crippen LogP contribution is -2.33. The molecule has 0 spiro atoms. The highest BCUT2D eigenvalue weighted by Gasteiger charge is 2.18. The van der Waals surface area contributed by atoms with E-state index >= 15 is 0 Å². The van der Waals surface area contributed by atoms with Gasteiger partial charge in [-0.05, 0) is 23.3 Å². The number of hydrogen-bond donors (Lipinski definition) is 2. The van der Waals surface area contributed by atoms with Gasteiger partial charge in [-0.1, -0.05) is 30.3 Å². The van der Waals surface area contributed by atoms with Gasteiger partial charge in [-0.3, -0.25) is 10.1 Å². The second-order valence-corrected chi connectivity index (χ2v) is 4.40. The summed E-state index contributed by atoms with van der Waals surface area (Å²) in [4.78, 5) is 11.5. The van der Waals surface area contributed by atoms with Crippen LogP contribution in [0.3, 0.4) is 0 Å². The maximum Gasteiger partial charge on any atom is 0.239 e. The minimum atomic E-state index is -0.944. The van der Waals surface area contributed by atoms with E-state index < -0.39 is 23.6 Å². The van der Waals surface area contributed by atoms with Gasteiger partial charge in [0, 0.05) is 12.6 Å². The van der Waals surface area contributed by atoms with Gasteiger partial charge >= 0.3 is 0 Å². The second-order valence-electron chi connectivity index (χ2n) is 4.40. The van der Waals surface area contributed by atoms with E-state index in [1.165, 1.54) is 0 Å². The average Bonchev–Trinajstić information content (AvgIpc) is 2.38. The molecule has 0 aliphatic rings. The maximum absolute atomic E-state index is 13.2. The van der Waals surface area contributed by atoms with Crippen molar-refractivity contribution in [3.63, 3.8) is 0 Å². The van der Waals surface area contributed by atoms with Crippen molar-refractivity contribution in [2.75, 3.05) is 0 Å². The van der Waals surface area contributed by atoms with E-state index in [-0.39, 0.29) is 5.56 Å². The second kappa shape index (κ2) is 6.25. The molecule has 1 atom stereocenters. The van der Waals surface area contributed by atoms with Gasteiger partial charge in [0.2, 0.25) is 5.91 Å². The third-order valence-electron chi connectivity index (χ3n) is 2.86.